The minimum atomic E-state index is 0.246. The van der Waals surface area contributed by atoms with Crippen molar-refractivity contribution >= 4 is 5.69 Å². The molecule has 2 atom stereocenters. The maximum atomic E-state index is 6.18. The molecule has 2 aliphatic rings. The summed E-state index contributed by atoms with van der Waals surface area (Å²) in [5.41, 5.74) is 10.5. The van der Waals surface area contributed by atoms with Crippen LogP contribution < -0.4 is 10.6 Å². The number of nitrogens with two attached hydrogens (primary N) is 1. The monoisotopic (exact) mass is 202 g/mol. The Balaban J connectivity index is 2.10. The Bertz CT molecular complexity index is 386. The van der Waals surface area contributed by atoms with Crippen molar-refractivity contribution < 1.29 is 0 Å². The Kier molecular flexibility index (Phi) is 1.99. The molecule has 2 N–H and O–H groups in total. The Morgan fingerprint density at radius 1 is 1.27 bits per heavy atom. The zero-order chi connectivity index (χ0) is 10.4. The normalized spacial score (nSPS) is 28.8. The van der Waals surface area contributed by atoms with Crippen LogP contribution >= 0.6 is 0 Å². The number of aryl methyl sites for hydroxylation is 1. The highest BCUT2D eigenvalue weighted by Gasteiger charge is 2.35. The van der Waals surface area contributed by atoms with Crippen LogP contribution in [-0.4, -0.2) is 12.2 Å². The SMILES string of the molecule is Cc1cccc2c1CCC1CCC(N)N21. The summed E-state index contributed by atoms with van der Waals surface area (Å²) in [6.07, 6.45) is 5.18. The molecule has 80 valence electrons. The van der Waals surface area contributed by atoms with Gasteiger partial charge in [-0.2, -0.15) is 0 Å². The third-order valence-electron chi connectivity index (χ3n) is 3.94. The van der Waals surface area contributed by atoms with Gasteiger partial charge in [0.1, 0.15) is 0 Å². The molecular formula is C13H18N2. The number of nitrogens with zero attached hydrogens (tertiary/aromatic N) is 1. The van der Waals surface area contributed by atoms with Crippen LogP contribution in [0.3, 0.4) is 0 Å². The highest BCUT2D eigenvalue weighted by atomic mass is 15.3. The van der Waals surface area contributed by atoms with Crippen molar-refractivity contribution in [2.24, 2.45) is 5.73 Å². The summed E-state index contributed by atoms with van der Waals surface area (Å²) < 4.78 is 0. The van der Waals surface area contributed by atoms with Crippen LogP contribution in [0.25, 0.3) is 0 Å². The van der Waals surface area contributed by atoms with Gasteiger partial charge in [-0.15, -0.1) is 0 Å². The quantitative estimate of drug-likeness (QED) is 0.698. The van der Waals surface area contributed by atoms with E-state index in [1.165, 1.54) is 36.1 Å². The predicted octanol–water partition coefficient (Wildman–Crippen LogP) is 2.19. The molecule has 2 aliphatic heterocycles. The molecular weight excluding hydrogens is 184 g/mol. The highest BCUT2D eigenvalue weighted by Crippen LogP contribution is 2.38. The van der Waals surface area contributed by atoms with Crippen molar-refractivity contribution in [3.05, 3.63) is 29.3 Å². The van der Waals surface area contributed by atoms with Crippen LogP contribution in [0.15, 0.2) is 18.2 Å². The van der Waals surface area contributed by atoms with Crippen molar-refractivity contribution in [2.45, 2.75) is 44.8 Å². The lowest BCUT2D eigenvalue weighted by atomic mass is 9.93. The number of anilines is 1. The van der Waals surface area contributed by atoms with Crippen LogP contribution in [0, 0.1) is 6.92 Å². The molecule has 0 bridgehead atoms. The van der Waals surface area contributed by atoms with E-state index in [4.69, 9.17) is 5.73 Å². The molecule has 3 rings (SSSR count). The topological polar surface area (TPSA) is 29.3 Å². The molecule has 1 fully saturated rings. The van der Waals surface area contributed by atoms with Gasteiger partial charge in [-0.05, 0) is 49.8 Å². The molecule has 1 aromatic carbocycles. The summed E-state index contributed by atoms with van der Waals surface area (Å²) in [6.45, 7) is 2.21. The molecule has 1 aromatic rings. The highest BCUT2D eigenvalue weighted by molar-refractivity contribution is 5.60. The Morgan fingerprint density at radius 2 is 2.13 bits per heavy atom. The van der Waals surface area contributed by atoms with Crippen molar-refractivity contribution in [3.63, 3.8) is 0 Å². The molecule has 2 heterocycles. The summed E-state index contributed by atoms with van der Waals surface area (Å²) in [6, 6.07) is 7.30. The number of benzene rings is 1. The lowest BCUT2D eigenvalue weighted by Gasteiger charge is -2.37. The number of rotatable bonds is 0. The molecule has 0 saturated carbocycles. The number of hydrogen-bond acceptors (Lipinski definition) is 2. The summed E-state index contributed by atoms with van der Waals surface area (Å²) in [5.74, 6) is 0. The Morgan fingerprint density at radius 3 is 3.00 bits per heavy atom. The third-order valence-corrected chi connectivity index (χ3v) is 3.94. The van der Waals surface area contributed by atoms with Gasteiger partial charge in [0.2, 0.25) is 0 Å². The van der Waals surface area contributed by atoms with Crippen LogP contribution in [-0.2, 0) is 6.42 Å². The number of fused-ring (bicyclic) bond motifs is 3. The molecule has 2 unspecified atom stereocenters. The Hall–Kier alpha value is -1.02. The second-order valence-corrected chi connectivity index (χ2v) is 4.82. The van der Waals surface area contributed by atoms with Gasteiger partial charge >= 0.3 is 0 Å². The molecule has 0 amide bonds. The van der Waals surface area contributed by atoms with Gasteiger partial charge in [-0.3, -0.25) is 0 Å². The van der Waals surface area contributed by atoms with Gasteiger partial charge in [-0.25, -0.2) is 0 Å². The van der Waals surface area contributed by atoms with E-state index in [2.05, 4.69) is 30.0 Å². The van der Waals surface area contributed by atoms with Crippen molar-refractivity contribution in [1.82, 2.24) is 0 Å². The second kappa shape index (κ2) is 3.24. The van der Waals surface area contributed by atoms with Crippen LogP contribution in [0.4, 0.5) is 5.69 Å². The zero-order valence-corrected chi connectivity index (χ0v) is 9.24. The first-order valence-corrected chi connectivity index (χ1v) is 5.90. The molecule has 1 saturated heterocycles. The summed E-state index contributed by atoms with van der Waals surface area (Å²) in [4.78, 5) is 2.45. The van der Waals surface area contributed by atoms with Crippen LogP contribution in [0.5, 0.6) is 0 Å². The van der Waals surface area contributed by atoms with Crippen LogP contribution in [0.2, 0.25) is 0 Å². The smallest absolute Gasteiger partial charge is 0.0774 e. The minimum absolute atomic E-state index is 0.246. The molecule has 0 spiro atoms. The maximum absolute atomic E-state index is 6.18. The average Bonchev–Trinajstić information content (AvgIpc) is 2.61. The van der Waals surface area contributed by atoms with E-state index in [1.54, 1.807) is 0 Å². The van der Waals surface area contributed by atoms with Gasteiger partial charge in [0.05, 0.1) is 6.17 Å². The van der Waals surface area contributed by atoms with E-state index < -0.39 is 0 Å². The maximum Gasteiger partial charge on any atom is 0.0774 e. The lowest BCUT2D eigenvalue weighted by Crippen LogP contribution is -2.44. The van der Waals surface area contributed by atoms with Crippen molar-refractivity contribution in [2.75, 3.05) is 4.90 Å². The van der Waals surface area contributed by atoms with Gasteiger partial charge < -0.3 is 10.6 Å². The summed E-state index contributed by atoms with van der Waals surface area (Å²) in [5, 5.41) is 0. The van der Waals surface area contributed by atoms with Gasteiger partial charge in [0.25, 0.3) is 0 Å². The van der Waals surface area contributed by atoms with E-state index in [0.29, 0.717) is 6.04 Å². The van der Waals surface area contributed by atoms with Crippen molar-refractivity contribution in [1.29, 1.82) is 0 Å². The van der Waals surface area contributed by atoms with Crippen molar-refractivity contribution in [3.8, 4) is 0 Å². The molecule has 0 aliphatic carbocycles. The minimum Gasteiger partial charge on any atom is -0.353 e. The van der Waals surface area contributed by atoms with E-state index in [0.717, 1.165) is 6.42 Å². The third kappa shape index (κ3) is 1.28. The molecule has 15 heavy (non-hydrogen) atoms. The lowest BCUT2D eigenvalue weighted by molar-refractivity contribution is 0.564. The van der Waals surface area contributed by atoms with E-state index >= 15 is 0 Å². The van der Waals surface area contributed by atoms with E-state index in [1.807, 2.05) is 0 Å². The first kappa shape index (κ1) is 9.22. The van der Waals surface area contributed by atoms with Gasteiger partial charge in [0.15, 0.2) is 0 Å². The second-order valence-electron chi connectivity index (χ2n) is 4.82. The van der Waals surface area contributed by atoms with Gasteiger partial charge in [-0.1, -0.05) is 12.1 Å². The fourth-order valence-electron chi connectivity index (χ4n) is 3.14. The van der Waals surface area contributed by atoms with E-state index in [9.17, 15) is 0 Å². The molecule has 2 nitrogen and oxygen atoms in total. The zero-order valence-electron chi connectivity index (χ0n) is 9.24. The fourth-order valence-corrected chi connectivity index (χ4v) is 3.14. The molecule has 2 heteroatoms. The van der Waals surface area contributed by atoms with Crippen LogP contribution in [0.1, 0.15) is 30.4 Å². The molecule has 0 aromatic heterocycles. The summed E-state index contributed by atoms with van der Waals surface area (Å²) >= 11 is 0. The largest absolute Gasteiger partial charge is 0.353 e. The Labute approximate surface area is 91.1 Å². The summed E-state index contributed by atoms with van der Waals surface area (Å²) in [7, 11) is 0. The molecule has 0 radical (unpaired) electrons. The van der Waals surface area contributed by atoms with Gasteiger partial charge in [0, 0.05) is 11.7 Å². The standard InChI is InChI=1S/C13H18N2/c1-9-3-2-4-12-11(9)7-5-10-6-8-13(14)15(10)12/h2-4,10,13H,5-8,14H2,1H3. The predicted molar refractivity (Wildman–Crippen MR) is 63.0 cm³/mol. The fraction of sp³-hybridized carbons (Fsp3) is 0.538. The first-order chi connectivity index (χ1) is 7.27. The van der Waals surface area contributed by atoms with E-state index in [-0.39, 0.29) is 6.17 Å². The number of hydrogen-bond donors (Lipinski definition) is 1. The average molecular weight is 202 g/mol. The first-order valence-electron chi connectivity index (χ1n) is 5.90.